The van der Waals surface area contributed by atoms with Crippen molar-refractivity contribution in [2.45, 2.75) is 51.6 Å². The lowest BCUT2D eigenvalue weighted by Crippen LogP contribution is -2.35. The fourth-order valence-electron chi connectivity index (χ4n) is 3.54. The molecule has 4 rings (SSSR count). The molecule has 0 aliphatic heterocycles. The van der Waals surface area contributed by atoms with E-state index in [0.29, 0.717) is 12.1 Å². The monoisotopic (exact) mass is 327 g/mol. The minimum absolute atomic E-state index is 0.362. The van der Waals surface area contributed by atoms with Crippen molar-refractivity contribution in [2.75, 3.05) is 5.32 Å². The molecule has 1 saturated carbocycles. The molecule has 2 atom stereocenters. The zero-order valence-corrected chi connectivity index (χ0v) is 14.3. The van der Waals surface area contributed by atoms with Crippen LogP contribution in [0.3, 0.4) is 0 Å². The van der Waals surface area contributed by atoms with Gasteiger partial charge in [-0.05, 0) is 43.7 Å². The first-order valence-corrected chi connectivity index (χ1v) is 9.08. The standard InChI is InChI=1S/C17H21N5S/c1-11-10-23-17-15(11)16(19-12(2)20-17)21-13-6-3-4-7-14(13)22-9-5-8-18-22/h5,8-10,13-14H,3-4,6-7H2,1-2H3,(H,19,20,21). The third-order valence-corrected chi connectivity index (χ3v) is 5.64. The lowest BCUT2D eigenvalue weighted by molar-refractivity contribution is 0.301. The largest absolute Gasteiger partial charge is 0.365 e. The van der Waals surface area contributed by atoms with E-state index in [1.807, 2.05) is 19.2 Å². The van der Waals surface area contributed by atoms with Gasteiger partial charge in [0.1, 0.15) is 16.5 Å². The Balaban J connectivity index is 1.70. The number of hydrogen-bond acceptors (Lipinski definition) is 5. The summed E-state index contributed by atoms with van der Waals surface area (Å²) in [5, 5.41) is 11.5. The fraction of sp³-hybridized carbons (Fsp3) is 0.471. The second kappa shape index (κ2) is 5.92. The molecule has 0 saturated heterocycles. The molecule has 5 nitrogen and oxygen atoms in total. The summed E-state index contributed by atoms with van der Waals surface area (Å²) in [5.41, 5.74) is 1.25. The first-order valence-electron chi connectivity index (χ1n) is 8.20. The van der Waals surface area contributed by atoms with Crippen LogP contribution in [0, 0.1) is 13.8 Å². The topological polar surface area (TPSA) is 55.6 Å². The maximum atomic E-state index is 4.70. The van der Waals surface area contributed by atoms with E-state index in [9.17, 15) is 0 Å². The van der Waals surface area contributed by atoms with Crippen LogP contribution in [0.1, 0.15) is 43.1 Å². The molecule has 2 unspecified atom stereocenters. The van der Waals surface area contributed by atoms with Gasteiger partial charge in [0.25, 0.3) is 0 Å². The Morgan fingerprint density at radius 3 is 2.91 bits per heavy atom. The van der Waals surface area contributed by atoms with Gasteiger partial charge in [0, 0.05) is 18.4 Å². The van der Waals surface area contributed by atoms with Crippen molar-refractivity contribution in [1.29, 1.82) is 0 Å². The maximum Gasteiger partial charge on any atom is 0.139 e. The molecule has 0 aromatic carbocycles. The molecule has 0 spiro atoms. The molecule has 23 heavy (non-hydrogen) atoms. The van der Waals surface area contributed by atoms with Crippen LogP contribution in [0.25, 0.3) is 10.2 Å². The zero-order chi connectivity index (χ0) is 15.8. The number of anilines is 1. The van der Waals surface area contributed by atoms with Gasteiger partial charge in [0.15, 0.2) is 0 Å². The van der Waals surface area contributed by atoms with Crippen LogP contribution >= 0.6 is 11.3 Å². The van der Waals surface area contributed by atoms with Crippen molar-refractivity contribution in [3.05, 3.63) is 35.2 Å². The molecule has 0 radical (unpaired) electrons. The predicted octanol–water partition coefficient (Wildman–Crippen LogP) is 4.10. The summed E-state index contributed by atoms with van der Waals surface area (Å²) >= 11 is 1.69. The van der Waals surface area contributed by atoms with E-state index in [-0.39, 0.29) is 0 Å². The zero-order valence-electron chi connectivity index (χ0n) is 13.5. The van der Waals surface area contributed by atoms with E-state index >= 15 is 0 Å². The van der Waals surface area contributed by atoms with E-state index in [1.54, 1.807) is 11.3 Å². The first-order chi connectivity index (χ1) is 11.2. The number of aryl methyl sites for hydroxylation is 2. The Bertz CT molecular complexity index is 808. The van der Waals surface area contributed by atoms with E-state index in [2.05, 4.69) is 38.6 Å². The van der Waals surface area contributed by atoms with Crippen LogP contribution in [0.2, 0.25) is 0 Å². The van der Waals surface area contributed by atoms with Gasteiger partial charge in [-0.2, -0.15) is 5.10 Å². The lowest BCUT2D eigenvalue weighted by atomic mass is 9.90. The van der Waals surface area contributed by atoms with Crippen molar-refractivity contribution in [2.24, 2.45) is 0 Å². The van der Waals surface area contributed by atoms with Crippen LogP contribution in [0.5, 0.6) is 0 Å². The quantitative estimate of drug-likeness (QED) is 0.787. The Kier molecular flexibility index (Phi) is 3.77. The van der Waals surface area contributed by atoms with Gasteiger partial charge in [-0.1, -0.05) is 12.8 Å². The summed E-state index contributed by atoms with van der Waals surface area (Å²) in [7, 11) is 0. The number of hydrogen-bond donors (Lipinski definition) is 1. The van der Waals surface area contributed by atoms with Crippen molar-refractivity contribution in [3.8, 4) is 0 Å². The average Bonchev–Trinajstić information content (AvgIpc) is 3.18. The Morgan fingerprint density at radius 2 is 2.09 bits per heavy atom. The highest BCUT2D eigenvalue weighted by atomic mass is 32.1. The van der Waals surface area contributed by atoms with Crippen LogP contribution in [0.4, 0.5) is 5.82 Å². The predicted molar refractivity (Wildman–Crippen MR) is 94.0 cm³/mol. The minimum atomic E-state index is 0.362. The van der Waals surface area contributed by atoms with Crippen LogP contribution in [0.15, 0.2) is 23.8 Å². The summed E-state index contributed by atoms with van der Waals surface area (Å²) in [6, 6.07) is 2.75. The molecule has 0 bridgehead atoms. The second-order valence-electron chi connectivity index (χ2n) is 6.31. The highest BCUT2D eigenvalue weighted by molar-refractivity contribution is 7.17. The Labute approximate surface area is 139 Å². The summed E-state index contributed by atoms with van der Waals surface area (Å²) in [4.78, 5) is 10.3. The van der Waals surface area contributed by atoms with Crippen molar-refractivity contribution in [3.63, 3.8) is 0 Å². The smallest absolute Gasteiger partial charge is 0.139 e. The average molecular weight is 327 g/mol. The summed E-state index contributed by atoms with van der Waals surface area (Å²) in [6.45, 7) is 4.10. The molecule has 3 heterocycles. The molecular formula is C17H21N5S. The highest BCUT2D eigenvalue weighted by Crippen LogP contribution is 2.34. The van der Waals surface area contributed by atoms with Crippen molar-refractivity contribution in [1.82, 2.24) is 19.7 Å². The molecule has 0 amide bonds. The molecule has 1 aliphatic rings. The number of fused-ring (bicyclic) bond motifs is 1. The maximum absolute atomic E-state index is 4.70. The lowest BCUT2D eigenvalue weighted by Gasteiger charge is -2.33. The highest BCUT2D eigenvalue weighted by Gasteiger charge is 2.28. The van der Waals surface area contributed by atoms with Gasteiger partial charge in [-0.25, -0.2) is 9.97 Å². The van der Waals surface area contributed by atoms with E-state index < -0.39 is 0 Å². The first kappa shape index (κ1) is 14.6. The summed E-state index contributed by atoms with van der Waals surface area (Å²) in [5.74, 6) is 1.81. The molecule has 3 aromatic heterocycles. The molecule has 120 valence electrons. The molecule has 6 heteroatoms. The van der Waals surface area contributed by atoms with Crippen LogP contribution < -0.4 is 5.32 Å². The van der Waals surface area contributed by atoms with Gasteiger partial charge >= 0.3 is 0 Å². The molecular weight excluding hydrogens is 306 g/mol. The number of nitrogens with one attached hydrogen (secondary N) is 1. The van der Waals surface area contributed by atoms with Gasteiger partial charge in [-0.15, -0.1) is 11.3 Å². The van der Waals surface area contributed by atoms with Crippen LogP contribution in [-0.4, -0.2) is 25.8 Å². The van der Waals surface area contributed by atoms with E-state index in [0.717, 1.165) is 29.3 Å². The molecule has 1 aliphatic carbocycles. The van der Waals surface area contributed by atoms with Gasteiger partial charge in [-0.3, -0.25) is 4.68 Å². The number of nitrogens with zero attached hydrogens (tertiary/aromatic N) is 4. The summed E-state index contributed by atoms with van der Waals surface area (Å²) in [6.07, 6.45) is 8.76. The Morgan fingerprint density at radius 1 is 1.22 bits per heavy atom. The van der Waals surface area contributed by atoms with Crippen molar-refractivity contribution < 1.29 is 0 Å². The Hall–Kier alpha value is -1.95. The van der Waals surface area contributed by atoms with Crippen LogP contribution in [-0.2, 0) is 0 Å². The third-order valence-electron chi connectivity index (χ3n) is 4.65. The SMILES string of the molecule is Cc1nc(NC2CCCCC2n2cccn2)c2c(C)csc2n1. The molecule has 3 aromatic rings. The van der Waals surface area contributed by atoms with E-state index in [1.165, 1.54) is 23.8 Å². The number of rotatable bonds is 3. The fourth-order valence-corrected chi connectivity index (χ4v) is 4.51. The number of thiophene rings is 1. The van der Waals surface area contributed by atoms with Gasteiger partial charge in [0.05, 0.1) is 11.4 Å². The molecule has 1 fully saturated rings. The normalized spacial score (nSPS) is 21.7. The molecule has 1 N–H and O–H groups in total. The van der Waals surface area contributed by atoms with Crippen molar-refractivity contribution >= 4 is 27.4 Å². The summed E-state index contributed by atoms with van der Waals surface area (Å²) < 4.78 is 2.10. The third kappa shape index (κ3) is 2.72. The minimum Gasteiger partial charge on any atom is -0.365 e. The number of aromatic nitrogens is 4. The second-order valence-corrected chi connectivity index (χ2v) is 7.17. The van der Waals surface area contributed by atoms with E-state index in [4.69, 9.17) is 4.98 Å². The van der Waals surface area contributed by atoms with Gasteiger partial charge in [0.2, 0.25) is 0 Å². The van der Waals surface area contributed by atoms with Gasteiger partial charge < -0.3 is 5.32 Å².